The Morgan fingerprint density at radius 1 is 1.22 bits per heavy atom. The van der Waals surface area contributed by atoms with Crippen molar-refractivity contribution in [1.82, 2.24) is 9.78 Å². The number of aromatic nitrogens is 2. The molecule has 0 aliphatic carbocycles. The molecule has 140 valence electrons. The molecule has 0 atom stereocenters. The molecule has 0 amide bonds. The fraction of sp³-hybridized carbons (Fsp3) is 0.111. The number of carboxylic acid groups (broad SMARTS) is 1. The van der Waals surface area contributed by atoms with Crippen molar-refractivity contribution >= 4 is 34.5 Å². The molecule has 0 aliphatic rings. The maximum atomic E-state index is 13.2. The Balaban J connectivity index is 2.15. The molecule has 1 N–H and O–H groups in total. The average Bonchev–Trinajstić information content (AvgIpc) is 2.92. The molecule has 3 aromatic rings. The van der Waals surface area contributed by atoms with Crippen LogP contribution in [0.4, 0.5) is 17.6 Å². The molecule has 3 rings (SSSR count). The van der Waals surface area contributed by atoms with Crippen molar-refractivity contribution in [2.24, 2.45) is 0 Å². The van der Waals surface area contributed by atoms with E-state index in [4.69, 9.17) is 16.7 Å². The molecular formula is C18H11ClF4N2O2. The van der Waals surface area contributed by atoms with Gasteiger partial charge in [0.1, 0.15) is 5.82 Å². The molecule has 0 spiro atoms. The second-order valence-electron chi connectivity index (χ2n) is 5.68. The van der Waals surface area contributed by atoms with E-state index in [1.165, 1.54) is 29.0 Å². The van der Waals surface area contributed by atoms with Crippen LogP contribution in [0, 0.1) is 5.82 Å². The van der Waals surface area contributed by atoms with E-state index in [0.29, 0.717) is 10.9 Å². The molecule has 4 nitrogen and oxygen atoms in total. The first-order valence-electron chi connectivity index (χ1n) is 7.58. The van der Waals surface area contributed by atoms with Crippen molar-refractivity contribution in [3.63, 3.8) is 0 Å². The van der Waals surface area contributed by atoms with Crippen LogP contribution in [0.2, 0.25) is 5.02 Å². The monoisotopic (exact) mass is 398 g/mol. The normalized spacial score (nSPS) is 12.2. The SMILES string of the molecule is O=C(O)/C=C/c1nn(Cc2ccc(F)cc2Cl)c2cc(C(F)(F)F)ccc12. The van der Waals surface area contributed by atoms with Gasteiger partial charge in [-0.05, 0) is 42.0 Å². The van der Waals surface area contributed by atoms with Crippen molar-refractivity contribution in [3.8, 4) is 0 Å². The summed E-state index contributed by atoms with van der Waals surface area (Å²) in [4.78, 5) is 10.7. The third-order valence-corrected chi connectivity index (χ3v) is 4.18. The van der Waals surface area contributed by atoms with Crippen molar-refractivity contribution in [2.45, 2.75) is 12.7 Å². The van der Waals surface area contributed by atoms with Gasteiger partial charge in [0.05, 0.1) is 23.3 Å². The number of fused-ring (bicyclic) bond motifs is 1. The minimum absolute atomic E-state index is 0.0160. The first-order chi connectivity index (χ1) is 12.6. The fourth-order valence-electron chi connectivity index (χ4n) is 2.58. The zero-order valence-electron chi connectivity index (χ0n) is 13.5. The average molecular weight is 399 g/mol. The molecule has 0 saturated carbocycles. The van der Waals surface area contributed by atoms with Gasteiger partial charge in [-0.1, -0.05) is 17.7 Å². The van der Waals surface area contributed by atoms with Crippen LogP contribution in [0.3, 0.4) is 0 Å². The summed E-state index contributed by atoms with van der Waals surface area (Å²) in [6.45, 7) is -0.0160. The molecule has 0 aliphatic heterocycles. The molecule has 0 unspecified atom stereocenters. The van der Waals surface area contributed by atoms with Gasteiger partial charge in [0, 0.05) is 16.5 Å². The summed E-state index contributed by atoms with van der Waals surface area (Å²) in [5, 5.41) is 13.4. The second kappa shape index (κ2) is 7.03. The van der Waals surface area contributed by atoms with Crippen LogP contribution in [-0.2, 0) is 17.5 Å². The molecule has 0 bridgehead atoms. The van der Waals surface area contributed by atoms with Gasteiger partial charge in [0.15, 0.2) is 0 Å². The van der Waals surface area contributed by atoms with Gasteiger partial charge in [-0.2, -0.15) is 18.3 Å². The number of rotatable bonds is 4. The Bertz CT molecular complexity index is 1060. The number of carbonyl (C=O) groups is 1. The third-order valence-electron chi connectivity index (χ3n) is 3.83. The quantitative estimate of drug-likeness (QED) is 0.497. The molecular weight excluding hydrogens is 388 g/mol. The number of hydrogen-bond acceptors (Lipinski definition) is 2. The lowest BCUT2D eigenvalue weighted by Crippen LogP contribution is -2.06. The summed E-state index contributed by atoms with van der Waals surface area (Å²) in [6.07, 6.45) is -2.51. The van der Waals surface area contributed by atoms with E-state index in [-0.39, 0.29) is 22.8 Å². The highest BCUT2D eigenvalue weighted by atomic mass is 35.5. The predicted octanol–water partition coefficient (Wildman–Crippen LogP) is 4.99. The first-order valence-corrected chi connectivity index (χ1v) is 7.95. The minimum atomic E-state index is -4.55. The number of alkyl halides is 3. The van der Waals surface area contributed by atoms with E-state index in [0.717, 1.165) is 24.3 Å². The van der Waals surface area contributed by atoms with Gasteiger partial charge in [0.25, 0.3) is 0 Å². The van der Waals surface area contributed by atoms with Crippen molar-refractivity contribution in [3.05, 3.63) is 70.1 Å². The maximum absolute atomic E-state index is 13.2. The predicted molar refractivity (Wildman–Crippen MR) is 91.9 cm³/mol. The Morgan fingerprint density at radius 3 is 2.59 bits per heavy atom. The van der Waals surface area contributed by atoms with Crippen LogP contribution in [0.1, 0.15) is 16.8 Å². The molecule has 9 heteroatoms. The van der Waals surface area contributed by atoms with E-state index in [2.05, 4.69) is 5.10 Å². The van der Waals surface area contributed by atoms with Crippen LogP contribution in [-0.4, -0.2) is 20.9 Å². The zero-order chi connectivity index (χ0) is 19.8. The third kappa shape index (κ3) is 4.11. The van der Waals surface area contributed by atoms with Crippen LogP contribution >= 0.6 is 11.6 Å². The van der Waals surface area contributed by atoms with Crippen molar-refractivity contribution in [1.29, 1.82) is 0 Å². The van der Waals surface area contributed by atoms with E-state index < -0.39 is 23.5 Å². The number of nitrogens with zero attached hydrogens (tertiary/aromatic N) is 2. The van der Waals surface area contributed by atoms with Gasteiger partial charge in [-0.3, -0.25) is 4.68 Å². The Kier molecular flexibility index (Phi) is 4.93. The topological polar surface area (TPSA) is 55.1 Å². The highest BCUT2D eigenvalue weighted by Gasteiger charge is 2.31. The standard InChI is InChI=1S/C18H11ClF4N2O2/c19-14-8-12(20)3-1-10(14)9-25-16-7-11(18(21,22)23)2-4-13(16)15(24-25)5-6-17(26)27/h1-8H,9H2,(H,26,27)/b6-5+. The second-order valence-corrected chi connectivity index (χ2v) is 6.09. The number of carboxylic acids is 1. The summed E-state index contributed by atoms with van der Waals surface area (Å²) < 4.78 is 53.7. The molecule has 2 aromatic carbocycles. The van der Waals surface area contributed by atoms with Gasteiger partial charge in [-0.15, -0.1) is 0 Å². The van der Waals surface area contributed by atoms with Gasteiger partial charge < -0.3 is 5.11 Å². The van der Waals surface area contributed by atoms with Gasteiger partial charge in [-0.25, -0.2) is 9.18 Å². The summed E-state index contributed by atoms with van der Waals surface area (Å²) in [6, 6.07) is 6.74. The smallest absolute Gasteiger partial charge is 0.416 e. The number of aliphatic carboxylic acids is 1. The molecule has 0 saturated heterocycles. The number of hydrogen-bond donors (Lipinski definition) is 1. The number of halogens is 5. The van der Waals surface area contributed by atoms with E-state index >= 15 is 0 Å². The summed E-state index contributed by atoms with van der Waals surface area (Å²) in [7, 11) is 0. The number of benzene rings is 2. The summed E-state index contributed by atoms with van der Waals surface area (Å²) in [5.74, 6) is -1.76. The lowest BCUT2D eigenvalue weighted by atomic mass is 10.1. The van der Waals surface area contributed by atoms with Crippen molar-refractivity contribution < 1.29 is 27.5 Å². The molecule has 0 radical (unpaired) electrons. The largest absolute Gasteiger partial charge is 0.478 e. The summed E-state index contributed by atoms with van der Waals surface area (Å²) in [5.41, 5.74) is -0.0710. The molecule has 27 heavy (non-hydrogen) atoms. The van der Waals surface area contributed by atoms with E-state index in [1.54, 1.807) is 0 Å². The highest BCUT2D eigenvalue weighted by Crippen LogP contribution is 2.33. The fourth-order valence-corrected chi connectivity index (χ4v) is 2.81. The van der Waals surface area contributed by atoms with E-state index in [1.807, 2.05) is 0 Å². The lowest BCUT2D eigenvalue weighted by Gasteiger charge is -2.09. The first kappa shape index (κ1) is 18.9. The lowest BCUT2D eigenvalue weighted by molar-refractivity contribution is -0.137. The summed E-state index contributed by atoms with van der Waals surface area (Å²) >= 11 is 5.99. The van der Waals surface area contributed by atoms with Crippen LogP contribution in [0.5, 0.6) is 0 Å². The van der Waals surface area contributed by atoms with E-state index in [9.17, 15) is 22.4 Å². The van der Waals surface area contributed by atoms with Crippen molar-refractivity contribution in [2.75, 3.05) is 0 Å². The van der Waals surface area contributed by atoms with Gasteiger partial charge >= 0.3 is 12.1 Å². The zero-order valence-corrected chi connectivity index (χ0v) is 14.2. The van der Waals surface area contributed by atoms with Crippen LogP contribution in [0.15, 0.2) is 42.5 Å². The molecule has 0 fully saturated rings. The van der Waals surface area contributed by atoms with Crippen LogP contribution in [0.25, 0.3) is 17.0 Å². The Labute approximate surface area is 155 Å². The van der Waals surface area contributed by atoms with Crippen LogP contribution < -0.4 is 0 Å². The Hall–Kier alpha value is -2.87. The van der Waals surface area contributed by atoms with Gasteiger partial charge in [0.2, 0.25) is 0 Å². The highest BCUT2D eigenvalue weighted by molar-refractivity contribution is 6.31. The Morgan fingerprint density at radius 2 is 1.96 bits per heavy atom. The molecule has 1 aromatic heterocycles. The minimum Gasteiger partial charge on any atom is -0.478 e. The molecule has 1 heterocycles. The maximum Gasteiger partial charge on any atom is 0.416 e.